The summed E-state index contributed by atoms with van der Waals surface area (Å²) in [6.45, 7) is 2.73. The molecule has 24 heavy (non-hydrogen) atoms. The van der Waals surface area contributed by atoms with Gasteiger partial charge >= 0.3 is 0 Å². The van der Waals surface area contributed by atoms with Gasteiger partial charge in [0.15, 0.2) is 11.8 Å². The topological polar surface area (TPSA) is 108 Å². The van der Waals surface area contributed by atoms with Crippen LogP contribution in [0.3, 0.4) is 0 Å². The zero-order chi connectivity index (χ0) is 17.3. The molecule has 2 aromatic rings. The van der Waals surface area contributed by atoms with E-state index in [1.807, 2.05) is 4.90 Å². The molecule has 9 heteroatoms. The Bertz CT molecular complexity index is 772. The van der Waals surface area contributed by atoms with Crippen LogP contribution in [0.2, 0.25) is 10.0 Å². The molecule has 1 aliphatic heterocycles. The van der Waals surface area contributed by atoms with Crippen molar-refractivity contribution < 1.29 is 0 Å². The Morgan fingerprint density at radius 1 is 1.17 bits per heavy atom. The second-order valence-electron chi connectivity index (χ2n) is 5.42. The number of aromatic nitrogens is 2. The number of nitrogens with one attached hydrogen (secondary N) is 1. The lowest BCUT2D eigenvalue weighted by molar-refractivity contribution is 0.378. The zero-order valence-electron chi connectivity index (χ0n) is 12.8. The molecule has 1 saturated heterocycles. The van der Waals surface area contributed by atoms with Crippen LogP contribution in [-0.4, -0.2) is 47.0 Å². The molecule has 0 spiro atoms. The lowest BCUT2D eigenvalue weighted by atomic mass is 10.1. The van der Waals surface area contributed by atoms with E-state index in [1.54, 1.807) is 24.4 Å². The van der Waals surface area contributed by atoms with Gasteiger partial charge in [0, 0.05) is 31.7 Å². The van der Waals surface area contributed by atoms with Gasteiger partial charge in [-0.3, -0.25) is 5.41 Å². The van der Waals surface area contributed by atoms with Crippen LogP contribution >= 0.6 is 23.2 Å². The van der Waals surface area contributed by atoms with Crippen LogP contribution in [0.1, 0.15) is 0 Å². The summed E-state index contributed by atoms with van der Waals surface area (Å²) in [6, 6.07) is 5.30. The third kappa shape index (κ3) is 3.18. The van der Waals surface area contributed by atoms with Gasteiger partial charge in [0.05, 0.1) is 16.2 Å². The van der Waals surface area contributed by atoms with E-state index >= 15 is 0 Å². The highest BCUT2D eigenvalue weighted by Crippen LogP contribution is 2.34. The molecule has 0 atom stereocenters. The maximum absolute atomic E-state index is 7.47. The number of hydrogen-bond acceptors (Lipinski definition) is 5. The third-order valence-electron chi connectivity index (χ3n) is 3.94. The molecule has 2 heterocycles. The first-order valence-corrected chi connectivity index (χ1v) is 8.14. The summed E-state index contributed by atoms with van der Waals surface area (Å²) >= 11 is 12.3. The van der Waals surface area contributed by atoms with Crippen LogP contribution in [-0.2, 0) is 0 Å². The standard InChI is InChI=1S/C15H17Cl2N7/c16-10-3-1-2-9(12(10)17)13-14(18)22-11(8-21-13)23-4-6-24(7-5-23)15(19)20/h1-3,8H,4-7H2,(H2,18,22)(H3,19,20). The molecule has 1 aromatic heterocycles. The minimum absolute atomic E-state index is 0.0891. The Hall–Kier alpha value is -2.25. The van der Waals surface area contributed by atoms with Crippen LogP contribution in [0.4, 0.5) is 11.6 Å². The normalized spacial score (nSPS) is 14.8. The van der Waals surface area contributed by atoms with Crippen molar-refractivity contribution >= 4 is 40.8 Å². The highest BCUT2D eigenvalue weighted by atomic mass is 35.5. The second-order valence-corrected chi connectivity index (χ2v) is 6.21. The van der Waals surface area contributed by atoms with E-state index in [-0.39, 0.29) is 5.96 Å². The molecular formula is C15H17Cl2N7. The summed E-state index contributed by atoms with van der Waals surface area (Å²) in [6.07, 6.45) is 1.67. The Balaban J connectivity index is 1.83. The third-order valence-corrected chi connectivity index (χ3v) is 4.76. The van der Waals surface area contributed by atoms with Gasteiger partial charge in [-0.2, -0.15) is 0 Å². The largest absolute Gasteiger partial charge is 0.382 e. The summed E-state index contributed by atoms with van der Waals surface area (Å²) in [5.74, 6) is 1.08. The minimum atomic E-state index is 0.0891. The number of nitrogens with two attached hydrogens (primary N) is 2. The van der Waals surface area contributed by atoms with E-state index < -0.39 is 0 Å². The van der Waals surface area contributed by atoms with E-state index in [4.69, 9.17) is 40.1 Å². The maximum Gasteiger partial charge on any atom is 0.188 e. The van der Waals surface area contributed by atoms with Gasteiger partial charge in [0.25, 0.3) is 0 Å². The summed E-state index contributed by atoms with van der Waals surface area (Å²) in [5.41, 5.74) is 12.8. The Labute approximate surface area is 149 Å². The molecule has 5 N–H and O–H groups in total. The summed E-state index contributed by atoms with van der Waals surface area (Å²) < 4.78 is 0. The molecular weight excluding hydrogens is 349 g/mol. The smallest absolute Gasteiger partial charge is 0.188 e. The number of guanidine groups is 1. The van der Waals surface area contributed by atoms with E-state index in [0.29, 0.717) is 59.1 Å². The molecule has 0 radical (unpaired) electrons. The predicted molar refractivity (Wildman–Crippen MR) is 97.6 cm³/mol. The average Bonchev–Trinajstić information content (AvgIpc) is 2.58. The molecule has 0 bridgehead atoms. The van der Waals surface area contributed by atoms with Crippen molar-refractivity contribution in [1.29, 1.82) is 5.41 Å². The van der Waals surface area contributed by atoms with Gasteiger partial charge in [0.2, 0.25) is 0 Å². The van der Waals surface area contributed by atoms with Crippen molar-refractivity contribution in [1.82, 2.24) is 14.9 Å². The number of nitrogens with zero attached hydrogens (tertiary/aromatic N) is 4. The summed E-state index contributed by atoms with van der Waals surface area (Å²) in [7, 11) is 0. The van der Waals surface area contributed by atoms with E-state index in [9.17, 15) is 0 Å². The van der Waals surface area contributed by atoms with Gasteiger partial charge in [-0.15, -0.1) is 0 Å². The first-order chi connectivity index (χ1) is 11.5. The van der Waals surface area contributed by atoms with Crippen molar-refractivity contribution in [3.05, 3.63) is 34.4 Å². The fourth-order valence-corrected chi connectivity index (χ4v) is 3.01. The van der Waals surface area contributed by atoms with Crippen LogP contribution in [0.5, 0.6) is 0 Å². The average molecular weight is 366 g/mol. The maximum atomic E-state index is 7.47. The highest BCUT2D eigenvalue weighted by Gasteiger charge is 2.20. The molecule has 1 aliphatic rings. The Morgan fingerprint density at radius 2 is 1.88 bits per heavy atom. The fraction of sp³-hybridized carbons (Fsp3) is 0.267. The Morgan fingerprint density at radius 3 is 2.50 bits per heavy atom. The molecule has 126 valence electrons. The first-order valence-electron chi connectivity index (χ1n) is 7.38. The lowest BCUT2D eigenvalue weighted by Crippen LogP contribution is -2.51. The Kier molecular flexibility index (Phi) is 4.64. The monoisotopic (exact) mass is 365 g/mol. The van der Waals surface area contributed by atoms with Crippen LogP contribution in [0, 0.1) is 5.41 Å². The quantitative estimate of drug-likeness (QED) is 0.555. The number of nitrogen functional groups attached to an aromatic ring is 1. The van der Waals surface area contributed by atoms with Crippen molar-refractivity contribution in [2.45, 2.75) is 0 Å². The highest BCUT2D eigenvalue weighted by molar-refractivity contribution is 6.43. The van der Waals surface area contributed by atoms with Crippen LogP contribution in [0.15, 0.2) is 24.4 Å². The van der Waals surface area contributed by atoms with E-state index in [2.05, 4.69) is 14.9 Å². The van der Waals surface area contributed by atoms with Crippen molar-refractivity contribution in [3.8, 4) is 11.3 Å². The molecule has 0 aliphatic carbocycles. The SMILES string of the molecule is N=C(N)N1CCN(c2cnc(-c3cccc(Cl)c3Cl)c(N)n2)CC1. The number of piperazine rings is 1. The molecule has 1 aromatic carbocycles. The summed E-state index contributed by atoms with van der Waals surface area (Å²) in [5, 5.41) is 8.32. The second kappa shape index (κ2) is 6.70. The van der Waals surface area contributed by atoms with Gasteiger partial charge in [-0.1, -0.05) is 35.3 Å². The number of benzene rings is 1. The van der Waals surface area contributed by atoms with E-state index in [0.717, 1.165) is 0 Å². The molecule has 0 amide bonds. The number of anilines is 2. The van der Waals surface area contributed by atoms with Gasteiger partial charge in [-0.25, -0.2) is 9.97 Å². The molecule has 0 unspecified atom stereocenters. The van der Waals surface area contributed by atoms with E-state index in [1.165, 1.54) is 0 Å². The van der Waals surface area contributed by atoms with Crippen LogP contribution in [0.25, 0.3) is 11.3 Å². The van der Waals surface area contributed by atoms with Crippen molar-refractivity contribution in [2.24, 2.45) is 5.73 Å². The lowest BCUT2D eigenvalue weighted by Gasteiger charge is -2.35. The first kappa shape index (κ1) is 16.6. The van der Waals surface area contributed by atoms with Gasteiger partial charge < -0.3 is 21.3 Å². The number of hydrogen-bond donors (Lipinski definition) is 3. The zero-order valence-corrected chi connectivity index (χ0v) is 14.3. The number of rotatable bonds is 2. The predicted octanol–water partition coefficient (Wildman–Crippen LogP) is 2.05. The fourth-order valence-electron chi connectivity index (χ4n) is 2.62. The van der Waals surface area contributed by atoms with Gasteiger partial charge in [-0.05, 0) is 6.07 Å². The van der Waals surface area contributed by atoms with Crippen molar-refractivity contribution in [2.75, 3.05) is 36.8 Å². The summed E-state index contributed by atoms with van der Waals surface area (Å²) in [4.78, 5) is 12.8. The number of halogens is 2. The van der Waals surface area contributed by atoms with Crippen LogP contribution < -0.4 is 16.4 Å². The molecule has 0 saturated carbocycles. The van der Waals surface area contributed by atoms with Crippen molar-refractivity contribution in [3.63, 3.8) is 0 Å². The molecule has 7 nitrogen and oxygen atoms in total. The minimum Gasteiger partial charge on any atom is -0.382 e. The van der Waals surface area contributed by atoms with Gasteiger partial charge in [0.1, 0.15) is 11.5 Å². The molecule has 3 rings (SSSR count). The molecule has 1 fully saturated rings.